The molecule has 10 nitrogen and oxygen atoms in total. The molecule has 1 saturated carbocycles. The van der Waals surface area contributed by atoms with Gasteiger partial charge in [-0.15, -0.1) is 0 Å². The number of rotatable bonds is 5. The predicted octanol–water partition coefficient (Wildman–Crippen LogP) is 1.32. The minimum Gasteiger partial charge on any atom is -0.364 e. The highest BCUT2D eigenvalue weighted by Gasteiger charge is 2.56. The smallest absolute Gasteiger partial charge is 0.269 e. The Labute approximate surface area is 184 Å². The van der Waals surface area contributed by atoms with Crippen molar-refractivity contribution in [3.05, 3.63) is 47.0 Å². The zero-order valence-electron chi connectivity index (χ0n) is 16.2. The van der Waals surface area contributed by atoms with Crippen LogP contribution in [0.2, 0.25) is 0 Å². The van der Waals surface area contributed by atoms with E-state index in [1.807, 2.05) is 0 Å². The third kappa shape index (κ3) is 3.54. The minimum absolute atomic E-state index is 0.0535. The third-order valence-corrected chi connectivity index (χ3v) is 6.17. The maximum absolute atomic E-state index is 13.2. The molecule has 3 N–H and O–H groups in total. The van der Waals surface area contributed by atoms with Gasteiger partial charge in [-0.1, -0.05) is 6.07 Å². The average Bonchev–Trinajstić information content (AvgIpc) is 3.24. The van der Waals surface area contributed by atoms with Crippen LogP contribution in [0.5, 0.6) is 0 Å². The van der Waals surface area contributed by atoms with Crippen molar-refractivity contribution in [1.82, 2.24) is 24.6 Å². The molecule has 1 aliphatic carbocycles. The summed E-state index contributed by atoms with van der Waals surface area (Å²) in [6.07, 6.45) is 4.56. The van der Waals surface area contributed by atoms with Crippen LogP contribution in [0.1, 0.15) is 23.3 Å². The number of likely N-dealkylation sites (tertiary alicyclic amines) is 1. The van der Waals surface area contributed by atoms with Gasteiger partial charge in [0.05, 0.1) is 10.9 Å². The average molecular weight is 484 g/mol. The summed E-state index contributed by atoms with van der Waals surface area (Å²) in [5, 5.41) is 7.51. The van der Waals surface area contributed by atoms with Crippen LogP contribution in [-0.2, 0) is 16.1 Å². The van der Waals surface area contributed by atoms with Gasteiger partial charge < -0.3 is 16.0 Å². The molecule has 3 amide bonds. The highest BCUT2D eigenvalue weighted by Crippen LogP contribution is 2.48. The molecule has 1 saturated heterocycles. The van der Waals surface area contributed by atoms with Crippen LogP contribution in [0.15, 0.2) is 41.3 Å². The van der Waals surface area contributed by atoms with Gasteiger partial charge in [0.1, 0.15) is 23.0 Å². The number of nitrogens with zero attached hydrogens (tertiary/aromatic N) is 5. The number of hydrogen-bond acceptors (Lipinski definition) is 6. The molecule has 0 radical (unpaired) electrons. The lowest BCUT2D eigenvalue weighted by atomic mass is 10.1. The van der Waals surface area contributed by atoms with Crippen LogP contribution in [0, 0.1) is 5.92 Å². The molecule has 0 bridgehead atoms. The Balaban J connectivity index is 1.38. The molecular weight excluding hydrogens is 466 g/mol. The Morgan fingerprint density at radius 1 is 1.23 bits per heavy atom. The highest BCUT2D eigenvalue weighted by atomic mass is 79.9. The molecule has 0 spiro atoms. The number of pyridine rings is 2. The molecule has 3 aromatic rings. The Hall–Kier alpha value is -3.34. The molecule has 0 aromatic carbocycles. The number of aromatic nitrogens is 4. The fourth-order valence-electron chi connectivity index (χ4n) is 4.27. The molecule has 11 heteroatoms. The van der Waals surface area contributed by atoms with Crippen molar-refractivity contribution in [3.63, 3.8) is 0 Å². The number of nitrogens with two attached hydrogens (primary N) is 1. The number of halogens is 1. The van der Waals surface area contributed by atoms with Crippen molar-refractivity contribution in [2.24, 2.45) is 11.7 Å². The van der Waals surface area contributed by atoms with Crippen molar-refractivity contribution >= 4 is 50.4 Å². The molecule has 4 heterocycles. The van der Waals surface area contributed by atoms with E-state index in [1.54, 1.807) is 35.4 Å². The molecule has 5 rings (SSSR count). The topological polar surface area (TPSA) is 136 Å². The van der Waals surface area contributed by atoms with E-state index in [1.165, 1.54) is 10.9 Å². The van der Waals surface area contributed by atoms with Gasteiger partial charge in [-0.25, -0.2) is 4.98 Å². The second-order valence-corrected chi connectivity index (χ2v) is 8.53. The first kappa shape index (κ1) is 19.6. The number of carbonyl (C=O) groups is 3. The molecule has 158 valence electrons. The lowest BCUT2D eigenvalue weighted by Crippen LogP contribution is -2.46. The number of anilines is 1. The van der Waals surface area contributed by atoms with Crippen LogP contribution < -0.4 is 11.1 Å². The van der Waals surface area contributed by atoms with E-state index in [4.69, 9.17) is 5.73 Å². The van der Waals surface area contributed by atoms with E-state index >= 15 is 0 Å². The fourth-order valence-corrected chi connectivity index (χ4v) is 4.62. The minimum atomic E-state index is -0.689. The summed E-state index contributed by atoms with van der Waals surface area (Å²) in [7, 11) is 0. The zero-order valence-corrected chi connectivity index (χ0v) is 17.8. The van der Waals surface area contributed by atoms with Gasteiger partial charge in [0.15, 0.2) is 5.69 Å². The maximum Gasteiger partial charge on any atom is 0.269 e. The lowest BCUT2D eigenvalue weighted by molar-refractivity contribution is -0.138. The monoisotopic (exact) mass is 483 g/mol. The number of piperidine rings is 1. The first-order valence-corrected chi connectivity index (χ1v) is 10.6. The fraction of sp³-hybridized carbons (Fsp3) is 0.300. The van der Waals surface area contributed by atoms with E-state index in [-0.39, 0.29) is 30.1 Å². The van der Waals surface area contributed by atoms with Gasteiger partial charge in [-0.3, -0.25) is 24.0 Å². The molecule has 3 atom stereocenters. The van der Waals surface area contributed by atoms with Crippen LogP contribution in [0.25, 0.3) is 10.9 Å². The number of nitrogens with one attached hydrogen (secondary N) is 1. The zero-order chi connectivity index (χ0) is 21.7. The van der Waals surface area contributed by atoms with Gasteiger partial charge in [0.25, 0.3) is 5.91 Å². The summed E-state index contributed by atoms with van der Waals surface area (Å²) in [5.74, 6) is -0.437. The predicted molar refractivity (Wildman–Crippen MR) is 114 cm³/mol. The van der Waals surface area contributed by atoms with E-state index in [2.05, 4.69) is 36.3 Å². The lowest BCUT2D eigenvalue weighted by Gasteiger charge is -2.26. The Morgan fingerprint density at radius 2 is 2.06 bits per heavy atom. The largest absolute Gasteiger partial charge is 0.364 e. The number of fused-ring (bicyclic) bond motifs is 2. The summed E-state index contributed by atoms with van der Waals surface area (Å²) in [6, 6.07) is 6.39. The van der Waals surface area contributed by atoms with E-state index in [9.17, 15) is 14.4 Å². The maximum atomic E-state index is 13.2. The third-order valence-electron chi connectivity index (χ3n) is 5.73. The first-order chi connectivity index (χ1) is 14.9. The Morgan fingerprint density at radius 3 is 2.84 bits per heavy atom. The Bertz CT molecular complexity index is 1230. The summed E-state index contributed by atoms with van der Waals surface area (Å²) in [6.45, 7) is -0.101. The molecule has 31 heavy (non-hydrogen) atoms. The van der Waals surface area contributed by atoms with Crippen molar-refractivity contribution in [2.45, 2.75) is 31.5 Å². The van der Waals surface area contributed by atoms with Crippen LogP contribution in [-0.4, -0.2) is 54.5 Å². The normalized spacial score (nSPS) is 21.7. The van der Waals surface area contributed by atoms with Gasteiger partial charge >= 0.3 is 0 Å². The van der Waals surface area contributed by atoms with Crippen LogP contribution >= 0.6 is 15.9 Å². The quantitative estimate of drug-likeness (QED) is 0.525. The van der Waals surface area contributed by atoms with Gasteiger partial charge in [0.2, 0.25) is 11.8 Å². The number of primary amides is 1. The van der Waals surface area contributed by atoms with E-state index in [0.29, 0.717) is 33.7 Å². The number of amides is 3. The SMILES string of the molecule is NC(=O)c1nn(CC(=O)N2[C@@H]3C[C@@H]3C[C@H]2C(=O)Nc2cccc(Br)n2)c2ccncc12. The second-order valence-electron chi connectivity index (χ2n) is 7.71. The van der Waals surface area contributed by atoms with Crippen molar-refractivity contribution in [2.75, 3.05) is 5.32 Å². The summed E-state index contributed by atoms with van der Waals surface area (Å²) in [4.78, 5) is 47.7. The molecule has 1 aliphatic heterocycles. The van der Waals surface area contributed by atoms with Crippen LogP contribution in [0.3, 0.4) is 0 Å². The van der Waals surface area contributed by atoms with Gasteiger partial charge in [-0.2, -0.15) is 5.10 Å². The highest BCUT2D eigenvalue weighted by molar-refractivity contribution is 9.10. The van der Waals surface area contributed by atoms with E-state index in [0.717, 1.165) is 6.42 Å². The van der Waals surface area contributed by atoms with Crippen LogP contribution in [0.4, 0.5) is 5.82 Å². The van der Waals surface area contributed by atoms with Gasteiger partial charge in [0, 0.05) is 18.4 Å². The van der Waals surface area contributed by atoms with Crippen molar-refractivity contribution in [1.29, 1.82) is 0 Å². The standard InChI is InChI=1S/C20H18BrN7O3/c21-15-2-1-3-16(24-15)25-20(31)14-7-10-6-13(10)28(14)17(29)9-27-12-4-5-23-8-11(12)18(26-27)19(22)30/h1-5,8,10,13-14H,6-7,9H2,(H2,22,30)(H,24,25,31)/t10-,13-,14+/m1/s1. The molecule has 2 fully saturated rings. The Kier molecular flexibility index (Phi) is 4.69. The summed E-state index contributed by atoms with van der Waals surface area (Å²) in [5.41, 5.74) is 6.07. The van der Waals surface area contributed by atoms with Crippen molar-refractivity contribution < 1.29 is 14.4 Å². The van der Waals surface area contributed by atoms with E-state index < -0.39 is 11.9 Å². The summed E-state index contributed by atoms with van der Waals surface area (Å²) >= 11 is 3.28. The molecule has 2 aliphatic rings. The molecule has 3 aromatic heterocycles. The molecular formula is C20H18BrN7O3. The number of hydrogen-bond donors (Lipinski definition) is 2. The second kappa shape index (κ2) is 7.41. The van der Waals surface area contributed by atoms with Crippen molar-refractivity contribution in [3.8, 4) is 0 Å². The van der Waals surface area contributed by atoms with Gasteiger partial charge in [-0.05, 0) is 52.9 Å². The summed E-state index contributed by atoms with van der Waals surface area (Å²) < 4.78 is 2.05. The number of carbonyl (C=O) groups excluding carboxylic acids is 3. The molecule has 0 unspecified atom stereocenters. The first-order valence-electron chi connectivity index (χ1n) is 9.77.